The van der Waals surface area contributed by atoms with Crippen LogP contribution in [0.4, 0.5) is 0 Å². The van der Waals surface area contributed by atoms with Gasteiger partial charge in [0.2, 0.25) is 0 Å². The Labute approximate surface area is 164 Å². The minimum atomic E-state index is -0.868. The lowest BCUT2D eigenvalue weighted by Crippen LogP contribution is -3.13. The number of hydrogen-bond acceptors (Lipinski definition) is 2. The summed E-state index contributed by atoms with van der Waals surface area (Å²) in [5.74, 6) is 0.913. The summed E-state index contributed by atoms with van der Waals surface area (Å²) in [6.45, 7) is 5.57. The minimum Gasteiger partial charge on any atom is -0.497 e. The third-order valence-corrected chi connectivity index (χ3v) is 6.05. The van der Waals surface area contributed by atoms with Gasteiger partial charge in [-0.15, -0.1) is 0 Å². The predicted molar refractivity (Wildman–Crippen MR) is 110 cm³/mol. The Balaban J connectivity index is 1.98. The topological polar surface area (TPSA) is 33.9 Å². The second-order valence-electron chi connectivity index (χ2n) is 7.88. The molecule has 2 atom stereocenters. The van der Waals surface area contributed by atoms with Crippen LogP contribution < -0.4 is 9.64 Å². The van der Waals surface area contributed by atoms with Crippen LogP contribution in [0.3, 0.4) is 0 Å². The highest BCUT2D eigenvalue weighted by molar-refractivity contribution is 5.35. The van der Waals surface area contributed by atoms with E-state index in [4.69, 9.17) is 4.74 Å². The number of quaternary nitrogens is 1. The molecule has 0 aliphatic carbocycles. The second-order valence-corrected chi connectivity index (χ2v) is 7.88. The van der Waals surface area contributed by atoms with Crippen LogP contribution in [0.5, 0.6) is 5.75 Å². The predicted octanol–water partition coefficient (Wildman–Crippen LogP) is 3.54. The summed E-state index contributed by atoms with van der Waals surface area (Å²) in [6.07, 6.45) is 5.64. The monoisotopic (exact) mass is 368 g/mol. The lowest BCUT2D eigenvalue weighted by molar-refractivity contribution is -0.907. The van der Waals surface area contributed by atoms with Crippen LogP contribution >= 0.6 is 0 Å². The van der Waals surface area contributed by atoms with Crippen LogP contribution in [0.2, 0.25) is 0 Å². The van der Waals surface area contributed by atoms with E-state index in [1.54, 1.807) is 12.0 Å². The van der Waals surface area contributed by atoms with Crippen molar-refractivity contribution in [2.45, 2.75) is 50.5 Å². The molecule has 1 heterocycles. The van der Waals surface area contributed by atoms with Crippen LogP contribution in [0.15, 0.2) is 54.6 Å². The molecule has 0 amide bonds. The van der Waals surface area contributed by atoms with Gasteiger partial charge in [0, 0.05) is 0 Å². The molecule has 3 heteroatoms. The van der Waals surface area contributed by atoms with Crippen molar-refractivity contribution in [1.82, 2.24) is 0 Å². The fraction of sp³-hybridized carbons (Fsp3) is 0.500. The maximum absolute atomic E-state index is 12.0. The SMILES string of the molecule is CCCC(O)(c1ccc(OC)cc1)C(C[NH+]1CCCCC1)c1ccccc1. The average molecular weight is 369 g/mol. The molecule has 0 bridgehead atoms. The third-order valence-electron chi connectivity index (χ3n) is 6.05. The lowest BCUT2D eigenvalue weighted by Gasteiger charge is -2.39. The van der Waals surface area contributed by atoms with E-state index in [0.717, 1.165) is 30.7 Å². The summed E-state index contributed by atoms with van der Waals surface area (Å²) in [6, 6.07) is 18.6. The molecular formula is C24H34NO2+. The van der Waals surface area contributed by atoms with Crippen LogP contribution in [0.25, 0.3) is 0 Å². The Hall–Kier alpha value is -1.84. The van der Waals surface area contributed by atoms with Crippen molar-refractivity contribution in [2.75, 3.05) is 26.7 Å². The largest absolute Gasteiger partial charge is 0.497 e. The Morgan fingerprint density at radius 1 is 1.00 bits per heavy atom. The maximum atomic E-state index is 12.0. The van der Waals surface area contributed by atoms with E-state index < -0.39 is 5.60 Å². The molecule has 27 heavy (non-hydrogen) atoms. The molecule has 2 N–H and O–H groups in total. The van der Waals surface area contributed by atoms with Crippen LogP contribution in [-0.4, -0.2) is 31.9 Å². The number of hydrogen-bond donors (Lipinski definition) is 2. The molecule has 146 valence electrons. The van der Waals surface area contributed by atoms with Gasteiger partial charge in [0.25, 0.3) is 0 Å². The minimum absolute atomic E-state index is 0.0835. The van der Waals surface area contributed by atoms with Gasteiger partial charge in [0.1, 0.15) is 11.4 Å². The van der Waals surface area contributed by atoms with Crippen molar-refractivity contribution >= 4 is 0 Å². The first-order valence-electron chi connectivity index (χ1n) is 10.4. The molecule has 1 fully saturated rings. The molecule has 2 aromatic carbocycles. The highest BCUT2D eigenvalue weighted by Crippen LogP contribution is 2.40. The Bertz CT molecular complexity index is 679. The molecular weight excluding hydrogens is 334 g/mol. The molecule has 1 aliphatic heterocycles. The van der Waals surface area contributed by atoms with Crippen molar-refractivity contribution in [3.05, 3.63) is 65.7 Å². The van der Waals surface area contributed by atoms with Gasteiger partial charge in [-0.05, 0) is 48.9 Å². The van der Waals surface area contributed by atoms with Crippen molar-refractivity contribution in [2.24, 2.45) is 0 Å². The molecule has 3 rings (SSSR count). The first kappa shape index (κ1) is 19.9. The fourth-order valence-electron chi connectivity index (χ4n) is 4.57. The molecule has 0 radical (unpaired) electrons. The summed E-state index contributed by atoms with van der Waals surface area (Å²) in [4.78, 5) is 1.62. The molecule has 3 nitrogen and oxygen atoms in total. The van der Waals surface area contributed by atoms with Gasteiger partial charge in [-0.3, -0.25) is 0 Å². The normalized spacial score (nSPS) is 18.6. The van der Waals surface area contributed by atoms with E-state index in [1.165, 1.54) is 37.9 Å². The van der Waals surface area contributed by atoms with Gasteiger partial charge in [0.05, 0.1) is 32.7 Å². The number of benzene rings is 2. The number of nitrogens with one attached hydrogen (secondary N) is 1. The lowest BCUT2D eigenvalue weighted by atomic mass is 9.74. The quantitative estimate of drug-likeness (QED) is 0.747. The number of rotatable bonds is 8. The van der Waals surface area contributed by atoms with E-state index in [2.05, 4.69) is 37.3 Å². The Kier molecular flexibility index (Phi) is 6.92. The zero-order valence-electron chi connectivity index (χ0n) is 16.8. The molecule has 0 spiro atoms. The molecule has 1 saturated heterocycles. The average Bonchev–Trinajstić information content (AvgIpc) is 2.73. The standard InChI is InChI=1S/C24H33NO2/c1-3-16-24(26,21-12-14-22(27-2)15-13-21)23(20-10-6-4-7-11-20)19-25-17-8-5-9-18-25/h4,6-7,10-15,23,26H,3,5,8-9,16-19H2,1-2H3/p+1. The zero-order chi connectivity index (χ0) is 19.1. The third kappa shape index (κ3) is 4.72. The van der Waals surface area contributed by atoms with Crippen LogP contribution in [0.1, 0.15) is 56.1 Å². The van der Waals surface area contributed by atoms with Gasteiger partial charge in [-0.1, -0.05) is 55.8 Å². The van der Waals surface area contributed by atoms with Gasteiger partial charge >= 0.3 is 0 Å². The Morgan fingerprint density at radius 3 is 2.26 bits per heavy atom. The summed E-state index contributed by atoms with van der Waals surface area (Å²) >= 11 is 0. The fourth-order valence-corrected chi connectivity index (χ4v) is 4.57. The van der Waals surface area contributed by atoms with Crippen molar-refractivity contribution in [3.63, 3.8) is 0 Å². The molecule has 0 saturated carbocycles. The number of piperidine rings is 1. The molecule has 2 unspecified atom stereocenters. The van der Waals surface area contributed by atoms with Crippen LogP contribution in [0, 0.1) is 0 Å². The maximum Gasteiger partial charge on any atom is 0.118 e. The van der Waals surface area contributed by atoms with Crippen LogP contribution in [-0.2, 0) is 5.60 Å². The van der Waals surface area contributed by atoms with Crippen molar-refractivity contribution in [1.29, 1.82) is 0 Å². The summed E-state index contributed by atoms with van der Waals surface area (Å²) < 4.78 is 5.32. The number of likely N-dealkylation sites (tertiary alicyclic amines) is 1. The first-order valence-corrected chi connectivity index (χ1v) is 10.4. The van der Waals surface area contributed by atoms with Crippen molar-refractivity contribution in [3.8, 4) is 5.75 Å². The van der Waals surface area contributed by atoms with E-state index in [0.29, 0.717) is 0 Å². The van der Waals surface area contributed by atoms with Gasteiger partial charge in [0.15, 0.2) is 0 Å². The summed E-state index contributed by atoms with van der Waals surface area (Å²) in [5.41, 5.74) is 1.37. The van der Waals surface area contributed by atoms with E-state index in [9.17, 15) is 5.11 Å². The zero-order valence-corrected chi connectivity index (χ0v) is 16.8. The smallest absolute Gasteiger partial charge is 0.118 e. The highest BCUT2D eigenvalue weighted by Gasteiger charge is 2.41. The summed E-state index contributed by atoms with van der Waals surface area (Å²) in [7, 11) is 1.68. The van der Waals surface area contributed by atoms with E-state index >= 15 is 0 Å². The summed E-state index contributed by atoms with van der Waals surface area (Å²) in [5, 5.41) is 12.0. The number of ether oxygens (including phenoxy) is 1. The second kappa shape index (κ2) is 9.38. The van der Waals surface area contributed by atoms with Gasteiger partial charge in [-0.2, -0.15) is 0 Å². The van der Waals surface area contributed by atoms with Gasteiger partial charge < -0.3 is 14.7 Å². The first-order chi connectivity index (χ1) is 13.2. The molecule has 0 aromatic heterocycles. The van der Waals surface area contributed by atoms with Gasteiger partial charge in [-0.25, -0.2) is 0 Å². The highest BCUT2D eigenvalue weighted by atomic mass is 16.5. The van der Waals surface area contributed by atoms with Crippen molar-refractivity contribution < 1.29 is 14.7 Å². The molecule has 1 aliphatic rings. The number of methoxy groups -OCH3 is 1. The number of aliphatic hydroxyl groups is 1. The van der Waals surface area contributed by atoms with E-state index in [1.807, 2.05) is 24.3 Å². The molecule has 2 aromatic rings. The Morgan fingerprint density at radius 2 is 1.67 bits per heavy atom. The van der Waals surface area contributed by atoms with E-state index in [-0.39, 0.29) is 5.92 Å².